The van der Waals surface area contributed by atoms with Crippen LogP contribution in [0.3, 0.4) is 0 Å². The van der Waals surface area contributed by atoms with Crippen molar-refractivity contribution in [3.63, 3.8) is 0 Å². The minimum Gasteiger partial charge on any atom is -0.497 e. The summed E-state index contributed by atoms with van der Waals surface area (Å²) >= 11 is 3.36. The fraction of sp³-hybridized carbons (Fsp3) is 0.100. The number of benzene rings is 1. The lowest BCUT2D eigenvalue weighted by atomic mass is 10.3. The van der Waals surface area contributed by atoms with Gasteiger partial charge in [0.2, 0.25) is 0 Å². The molecule has 1 aromatic heterocycles. The van der Waals surface area contributed by atoms with Crippen LogP contribution >= 0.6 is 15.9 Å². The molecule has 0 radical (unpaired) electrons. The van der Waals surface area contributed by atoms with E-state index in [9.17, 15) is 0 Å². The molecule has 0 saturated carbocycles. The first-order valence-electron chi connectivity index (χ1n) is 4.14. The standard InChI is InChI=1S/C10H9BrN2O/c1-14-9-4-2-3-8(7-9)13-6-5-12-10(13)11/h2-7H,1H3. The maximum atomic E-state index is 5.14. The van der Waals surface area contributed by atoms with E-state index in [-0.39, 0.29) is 0 Å². The van der Waals surface area contributed by atoms with E-state index in [1.54, 1.807) is 13.3 Å². The van der Waals surface area contributed by atoms with E-state index in [0.717, 1.165) is 16.2 Å². The van der Waals surface area contributed by atoms with E-state index in [1.807, 2.05) is 35.0 Å². The van der Waals surface area contributed by atoms with Crippen LogP contribution in [0.5, 0.6) is 5.75 Å². The van der Waals surface area contributed by atoms with Crippen LogP contribution in [-0.2, 0) is 0 Å². The van der Waals surface area contributed by atoms with Crippen molar-refractivity contribution in [2.45, 2.75) is 0 Å². The molecule has 0 saturated heterocycles. The second-order valence-electron chi connectivity index (χ2n) is 2.77. The van der Waals surface area contributed by atoms with Gasteiger partial charge < -0.3 is 4.74 Å². The maximum Gasteiger partial charge on any atom is 0.181 e. The molecule has 0 fully saturated rings. The molecule has 0 aliphatic heterocycles. The summed E-state index contributed by atoms with van der Waals surface area (Å²) < 4.78 is 7.86. The topological polar surface area (TPSA) is 27.1 Å². The summed E-state index contributed by atoms with van der Waals surface area (Å²) in [5.74, 6) is 0.836. The summed E-state index contributed by atoms with van der Waals surface area (Å²) in [5, 5.41) is 0. The summed E-state index contributed by atoms with van der Waals surface area (Å²) in [6, 6.07) is 7.80. The molecule has 1 heterocycles. The molecular weight excluding hydrogens is 244 g/mol. The van der Waals surface area contributed by atoms with Gasteiger partial charge in [-0.15, -0.1) is 0 Å². The third-order valence-corrected chi connectivity index (χ3v) is 2.51. The van der Waals surface area contributed by atoms with Gasteiger partial charge in [0.05, 0.1) is 12.8 Å². The molecule has 0 aliphatic carbocycles. The summed E-state index contributed by atoms with van der Waals surface area (Å²) in [6.45, 7) is 0. The number of methoxy groups -OCH3 is 1. The van der Waals surface area contributed by atoms with Gasteiger partial charge >= 0.3 is 0 Å². The molecule has 14 heavy (non-hydrogen) atoms. The molecule has 1 aromatic carbocycles. The van der Waals surface area contributed by atoms with Crippen LogP contribution in [0.4, 0.5) is 0 Å². The fourth-order valence-corrected chi connectivity index (χ4v) is 1.68. The predicted molar refractivity (Wildman–Crippen MR) is 57.8 cm³/mol. The molecule has 4 heteroatoms. The van der Waals surface area contributed by atoms with Gasteiger partial charge in [0.25, 0.3) is 0 Å². The SMILES string of the molecule is COc1cccc(-n2ccnc2Br)c1. The van der Waals surface area contributed by atoms with E-state index in [1.165, 1.54) is 0 Å². The van der Waals surface area contributed by atoms with Crippen LogP contribution < -0.4 is 4.74 Å². The summed E-state index contributed by atoms with van der Waals surface area (Å²) in [5.41, 5.74) is 1.02. The summed E-state index contributed by atoms with van der Waals surface area (Å²) in [6.07, 6.45) is 3.63. The molecule has 0 amide bonds. The lowest BCUT2D eigenvalue weighted by Gasteiger charge is -2.05. The second-order valence-corrected chi connectivity index (χ2v) is 3.48. The first kappa shape index (κ1) is 9.27. The van der Waals surface area contributed by atoms with Gasteiger partial charge in [0, 0.05) is 18.5 Å². The van der Waals surface area contributed by atoms with Crippen LogP contribution in [0.1, 0.15) is 0 Å². The Morgan fingerprint density at radius 2 is 2.29 bits per heavy atom. The Hall–Kier alpha value is -1.29. The highest BCUT2D eigenvalue weighted by molar-refractivity contribution is 9.10. The molecule has 0 aliphatic rings. The highest BCUT2D eigenvalue weighted by Crippen LogP contribution is 2.19. The third kappa shape index (κ3) is 1.65. The van der Waals surface area contributed by atoms with Gasteiger partial charge in [-0.2, -0.15) is 0 Å². The van der Waals surface area contributed by atoms with E-state index in [2.05, 4.69) is 20.9 Å². The van der Waals surface area contributed by atoms with Crippen molar-refractivity contribution >= 4 is 15.9 Å². The van der Waals surface area contributed by atoms with Crippen molar-refractivity contribution in [3.8, 4) is 11.4 Å². The van der Waals surface area contributed by atoms with E-state index in [4.69, 9.17) is 4.74 Å². The fourth-order valence-electron chi connectivity index (χ4n) is 1.24. The Balaban J connectivity index is 2.47. The van der Waals surface area contributed by atoms with Crippen molar-refractivity contribution in [3.05, 3.63) is 41.4 Å². The minimum absolute atomic E-state index is 0.783. The molecule has 0 spiro atoms. The van der Waals surface area contributed by atoms with Crippen LogP contribution in [0.25, 0.3) is 5.69 Å². The van der Waals surface area contributed by atoms with Gasteiger partial charge in [0.1, 0.15) is 5.75 Å². The smallest absolute Gasteiger partial charge is 0.181 e. The van der Waals surface area contributed by atoms with Gasteiger partial charge in [0.15, 0.2) is 4.73 Å². The third-order valence-electron chi connectivity index (χ3n) is 1.93. The molecule has 72 valence electrons. The summed E-state index contributed by atoms with van der Waals surface area (Å²) in [4.78, 5) is 4.09. The number of hydrogen-bond donors (Lipinski definition) is 0. The normalized spacial score (nSPS) is 10.1. The zero-order valence-electron chi connectivity index (χ0n) is 7.64. The average Bonchev–Trinajstić information content (AvgIpc) is 2.65. The first-order valence-corrected chi connectivity index (χ1v) is 4.94. The quantitative estimate of drug-likeness (QED) is 0.822. The highest BCUT2D eigenvalue weighted by atomic mass is 79.9. The summed E-state index contributed by atoms with van der Waals surface area (Å²) in [7, 11) is 1.65. The zero-order chi connectivity index (χ0) is 9.97. The molecule has 0 bridgehead atoms. The lowest BCUT2D eigenvalue weighted by Crippen LogP contribution is -1.93. The highest BCUT2D eigenvalue weighted by Gasteiger charge is 2.01. The Morgan fingerprint density at radius 3 is 2.93 bits per heavy atom. The minimum atomic E-state index is 0.783. The number of halogens is 1. The average molecular weight is 253 g/mol. The van der Waals surface area contributed by atoms with Crippen molar-refractivity contribution in [1.29, 1.82) is 0 Å². The van der Waals surface area contributed by atoms with E-state index >= 15 is 0 Å². The van der Waals surface area contributed by atoms with Crippen molar-refractivity contribution in [2.75, 3.05) is 7.11 Å². The van der Waals surface area contributed by atoms with Crippen molar-refractivity contribution in [1.82, 2.24) is 9.55 Å². The van der Waals surface area contributed by atoms with Crippen LogP contribution in [0, 0.1) is 0 Å². The number of nitrogens with zero attached hydrogens (tertiary/aromatic N) is 2. The molecule has 0 unspecified atom stereocenters. The number of imidazole rings is 1. The molecule has 2 rings (SSSR count). The van der Waals surface area contributed by atoms with Crippen LogP contribution in [0.2, 0.25) is 0 Å². The number of aromatic nitrogens is 2. The lowest BCUT2D eigenvalue weighted by molar-refractivity contribution is 0.414. The number of ether oxygens (including phenoxy) is 1. The van der Waals surface area contributed by atoms with Gasteiger partial charge in [-0.1, -0.05) is 6.07 Å². The molecule has 0 N–H and O–H groups in total. The van der Waals surface area contributed by atoms with Crippen molar-refractivity contribution < 1.29 is 4.74 Å². The second kappa shape index (κ2) is 3.84. The number of rotatable bonds is 2. The molecular formula is C10H9BrN2O. The van der Waals surface area contributed by atoms with E-state index in [0.29, 0.717) is 0 Å². The number of hydrogen-bond acceptors (Lipinski definition) is 2. The predicted octanol–water partition coefficient (Wildman–Crippen LogP) is 2.64. The molecule has 0 atom stereocenters. The first-order chi connectivity index (χ1) is 6.81. The largest absolute Gasteiger partial charge is 0.497 e. The molecule has 2 aromatic rings. The Kier molecular flexibility index (Phi) is 2.54. The Labute approximate surface area is 90.5 Å². The maximum absolute atomic E-state index is 5.14. The van der Waals surface area contributed by atoms with Crippen LogP contribution in [0.15, 0.2) is 41.4 Å². The Bertz CT molecular complexity index is 439. The van der Waals surface area contributed by atoms with Gasteiger partial charge in [-0.05, 0) is 28.1 Å². The van der Waals surface area contributed by atoms with E-state index < -0.39 is 0 Å². The monoisotopic (exact) mass is 252 g/mol. The zero-order valence-corrected chi connectivity index (χ0v) is 9.23. The molecule has 3 nitrogen and oxygen atoms in total. The van der Waals surface area contributed by atoms with Gasteiger partial charge in [-0.25, -0.2) is 4.98 Å². The van der Waals surface area contributed by atoms with Gasteiger partial charge in [-0.3, -0.25) is 4.57 Å². The van der Waals surface area contributed by atoms with Crippen LogP contribution in [-0.4, -0.2) is 16.7 Å². The van der Waals surface area contributed by atoms with Crippen molar-refractivity contribution in [2.24, 2.45) is 0 Å². The Morgan fingerprint density at radius 1 is 1.43 bits per heavy atom.